The van der Waals surface area contributed by atoms with Gasteiger partial charge in [-0.15, -0.1) is 0 Å². The minimum Gasteiger partial charge on any atom is -0.291 e. The fourth-order valence-electron chi connectivity index (χ4n) is 2.93. The summed E-state index contributed by atoms with van der Waals surface area (Å²) in [5, 5.41) is 3.99. The lowest BCUT2D eigenvalue weighted by Crippen LogP contribution is -2.09. The van der Waals surface area contributed by atoms with Crippen molar-refractivity contribution in [3.8, 4) is 16.9 Å². The third-order valence-electron chi connectivity index (χ3n) is 4.35. The van der Waals surface area contributed by atoms with Gasteiger partial charge in [0.1, 0.15) is 0 Å². The second kappa shape index (κ2) is 7.25. The minimum atomic E-state index is -4.61. The van der Waals surface area contributed by atoms with Gasteiger partial charge in [0.25, 0.3) is 5.91 Å². The molecule has 0 aliphatic heterocycles. The number of hydrogen-bond acceptors (Lipinski definition) is 2. The maximum absolute atomic E-state index is 13.3. The molecule has 0 fully saturated rings. The predicted molar refractivity (Wildman–Crippen MR) is 103 cm³/mol. The van der Waals surface area contributed by atoms with Gasteiger partial charge in [0.05, 0.1) is 16.4 Å². The molecule has 2 aromatic carbocycles. The van der Waals surface area contributed by atoms with E-state index in [0.29, 0.717) is 16.8 Å². The van der Waals surface area contributed by atoms with E-state index in [1.54, 1.807) is 73.1 Å². The largest absolute Gasteiger partial charge is 0.435 e. The zero-order valence-corrected chi connectivity index (χ0v) is 15.5. The summed E-state index contributed by atoms with van der Waals surface area (Å²) < 4.78 is 42.4. The topological polar surface area (TPSA) is 39.8 Å². The molecule has 0 saturated heterocycles. The van der Waals surface area contributed by atoms with Gasteiger partial charge in [-0.3, -0.25) is 9.36 Å². The first-order valence-electron chi connectivity index (χ1n) is 8.55. The van der Waals surface area contributed by atoms with Gasteiger partial charge in [0.15, 0.2) is 5.69 Å². The number of alkyl halides is 3. The van der Waals surface area contributed by atoms with Crippen LogP contribution in [0.4, 0.5) is 13.2 Å². The fourth-order valence-corrected chi connectivity index (χ4v) is 3.15. The van der Waals surface area contributed by atoms with Crippen molar-refractivity contribution in [3.63, 3.8) is 0 Å². The van der Waals surface area contributed by atoms with Crippen LogP contribution in [0.15, 0.2) is 79.1 Å². The Labute approximate surface area is 168 Å². The first kappa shape index (κ1) is 19.0. The number of nitrogens with zero attached hydrogens (tertiary/aromatic N) is 3. The van der Waals surface area contributed by atoms with Crippen LogP contribution < -0.4 is 0 Å². The summed E-state index contributed by atoms with van der Waals surface area (Å²) in [4.78, 5) is 12.4. The Morgan fingerprint density at radius 1 is 0.931 bits per heavy atom. The molecular weight excluding hydrogens is 403 g/mol. The average molecular weight is 416 g/mol. The molecule has 0 amide bonds. The first-order chi connectivity index (χ1) is 13.8. The molecule has 0 atom stereocenters. The normalized spacial score (nSPS) is 11.6. The van der Waals surface area contributed by atoms with E-state index in [1.807, 2.05) is 0 Å². The molecule has 29 heavy (non-hydrogen) atoms. The zero-order valence-electron chi connectivity index (χ0n) is 14.8. The molecule has 4 nitrogen and oxygen atoms in total. The van der Waals surface area contributed by atoms with E-state index >= 15 is 0 Å². The number of carbonyl (C=O) groups excluding carboxylic acids is 1. The Morgan fingerprint density at radius 2 is 1.59 bits per heavy atom. The van der Waals surface area contributed by atoms with E-state index in [0.717, 1.165) is 10.7 Å². The summed E-state index contributed by atoms with van der Waals surface area (Å²) in [7, 11) is 0. The third-order valence-corrected chi connectivity index (χ3v) is 4.67. The van der Waals surface area contributed by atoms with E-state index < -0.39 is 11.9 Å². The Hall–Kier alpha value is -3.32. The second-order valence-corrected chi connectivity index (χ2v) is 6.66. The maximum Gasteiger partial charge on any atom is 0.435 e. The highest BCUT2D eigenvalue weighted by atomic mass is 35.5. The van der Waals surface area contributed by atoms with Gasteiger partial charge in [-0.1, -0.05) is 35.9 Å². The van der Waals surface area contributed by atoms with Crippen LogP contribution in [0.25, 0.3) is 16.9 Å². The van der Waals surface area contributed by atoms with Crippen molar-refractivity contribution in [2.45, 2.75) is 6.18 Å². The molecule has 4 rings (SSSR count). The van der Waals surface area contributed by atoms with Gasteiger partial charge in [-0.25, -0.2) is 4.68 Å². The summed E-state index contributed by atoms with van der Waals surface area (Å²) in [6, 6.07) is 17.2. The summed E-state index contributed by atoms with van der Waals surface area (Å²) in [6.45, 7) is 0. The molecule has 8 heteroatoms. The van der Waals surface area contributed by atoms with Crippen molar-refractivity contribution >= 4 is 17.5 Å². The second-order valence-electron chi connectivity index (χ2n) is 6.25. The van der Waals surface area contributed by atoms with Gasteiger partial charge in [-0.05, 0) is 42.5 Å². The molecule has 0 radical (unpaired) electrons. The lowest BCUT2D eigenvalue weighted by molar-refractivity contribution is -0.141. The van der Waals surface area contributed by atoms with E-state index in [2.05, 4.69) is 5.10 Å². The average Bonchev–Trinajstić information content (AvgIpc) is 3.38. The summed E-state index contributed by atoms with van der Waals surface area (Å²) in [5.41, 5.74) is 0.388. The lowest BCUT2D eigenvalue weighted by atomic mass is 10.1. The van der Waals surface area contributed by atoms with Crippen molar-refractivity contribution < 1.29 is 18.0 Å². The van der Waals surface area contributed by atoms with Gasteiger partial charge in [0, 0.05) is 23.5 Å². The minimum absolute atomic E-state index is 0.213. The Kier molecular flexibility index (Phi) is 4.76. The van der Waals surface area contributed by atoms with Crippen molar-refractivity contribution in [2.24, 2.45) is 0 Å². The van der Waals surface area contributed by atoms with Gasteiger partial charge >= 0.3 is 6.18 Å². The summed E-state index contributed by atoms with van der Waals surface area (Å²) >= 11 is 6.18. The highest BCUT2D eigenvalue weighted by molar-refractivity contribution is 6.32. The van der Waals surface area contributed by atoms with E-state index in [4.69, 9.17) is 11.6 Å². The molecule has 0 saturated carbocycles. The predicted octanol–water partition coefficient (Wildman–Crippen LogP) is 5.70. The highest BCUT2D eigenvalue weighted by Crippen LogP contribution is 2.34. The number of carbonyl (C=O) groups is 1. The number of hydrogen-bond donors (Lipinski definition) is 0. The molecule has 146 valence electrons. The van der Waals surface area contributed by atoms with Crippen LogP contribution in [-0.2, 0) is 6.18 Å². The molecule has 4 aromatic rings. The smallest absolute Gasteiger partial charge is 0.291 e. The third kappa shape index (κ3) is 3.69. The number of aromatic nitrogens is 3. The Balaban J connectivity index is 1.79. The number of para-hydroxylation sites is 1. The quantitative estimate of drug-likeness (QED) is 0.430. The van der Waals surface area contributed by atoms with Crippen LogP contribution >= 0.6 is 11.6 Å². The molecule has 0 unspecified atom stereocenters. The van der Waals surface area contributed by atoms with Crippen LogP contribution in [0, 0.1) is 0 Å². The summed E-state index contributed by atoms with van der Waals surface area (Å²) in [5.74, 6) is -0.239. The van der Waals surface area contributed by atoms with Gasteiger partial charge in [-0.2, -0.15) is 18.3 Å². The molecule has 0 bridgehead atoms. The first-order valence-corrected chi connectivity index (χ1v) is 8.92. The van der Waals surface area contributed by atoms with Crippen molar-refractivity contribution in [3.05, 3.63) is 95.4 Å². The van der Waals surface area contributed by atoms with E-state index in [-0.39, 0.29) is 16.6 Å². The van der Waals surface area contributed by atoms with Crippen LogP contribution in [-0.4, -0.2) is 20.3 Å². The van der Waals surface area contributed by atoms with Crippen LogP contribution in [0.1, 0.15) is 16.1 Å². The van der Waals surface area contributed by atoms with Crippen LogP contribution in [0.3, 0.4) is 0 Å². The highest BCUT2D eigenvalue weighted by Gasteiger charge is 2.35. The molecule has 0 aliphatic carbocycles. The molecule has 0 spiro atoms. The number of halogens is 4. The number of rotatable bonds is 3. The van der Waals surface area contributed by atoms with Gasteiger partial charge in [0.2, 0.25) is 0 Å². The molecule has 0 N–H and O–H groups in total. The van der Waals surface area contributed by atoms with Crippen molar-refractivity contribution in [1.82, 2.24) is 14.3 Å². The van der Waals surface area contributed by atoms with E-state index in [1.165, 1.54) is 4.57 Å². The molecule has 2 heterocycles. The number of benzene rings is 2. The van der Waals surface area contributed by atoms with Crippen LogP contribution in [0.5, 0.6) is 0 Å². The van der Waals surface area contributed by atoms with Crippen molar-refractivity contribution in [2.75, 3.05) is 0 Å². The zero-order chi connectivity index (χ0) is 20.6. The fraction of sp³-hybridized carbons (Fsp3) is 0.0476. The SMILES string of the molecule is O=C(c1ccc(-c2cc(C(F)(F)F)nn2-c2ccccc2Cl)cc1)n1cccc1. The molecule has 2 aromatic heterocycles. The Bertz CT molecular complexity index is 1160. The van der Waals surface area contributed by atoms with Crippen molar-refractivity contribution in [1.29, 1.82) is 0 Å². The van der Waals surface area contributed by atoms with Gasteiger partial charge < -0.3 is 0 Å². The molecular formula is C21H13ClF3N3O. The summed E-state index contributed by atoms with van der Waals surface area (Å²) in [6.07, 6.45) is -1.36. The molecule has 0 aliphatic rings. The van der Waals surface area contributed by atoms with E-state index in [9.17, 15) is 18.0 Å². The lowest BCUT2D eigenvalue weighted by Gasteiger charge is -2.10. The maximum atomic E-state index is 13.3. The van der Waals surface area contributed by atoms with Crippen LogP contribution in [0.2, 0.25) is 5.02 Å². The Morgan fingerprint density at radius 3 is 2.21 bits per heavy atom. The monoisotopic (exact) mass is 415 g/mol. The standard InChI is InChI=1S/C21H13ClF3N3O/c22-16-5-1-2-6-17(16)28-18(13-19(26-28)21(23,24)25)14-7-9-15(10-8-14)20(29)27-11-3-4-12-27/h1-13H.